The Labute approximate surface area is 147 Å². The number of nitrogen functional groups attached to an aromatic ring is 1. The molecule has 1 amide bonds. The Kier molecular flexibility index (Phi) is 4.44. The van der Waals surface area contributed by atoms with Gasteiger partial charge in [0.15, 0.2) is 5.96 Å². The van der Waals surface area contributed by atoms with Crippen molar-refractivity contribution in [3.63, 3.8) is 0 Å². The van der Waals surface area contributed by atoms with Crippen LogP contribution in [0.5, 0.6) is 11.6 Å². The molecule has 25 heavy (non-hydrogen) atoms. The van der Waals surface area contributed by atoms with E-state index in [1.165, 1.54) is 7.05 Å². The van der Waals surface area contributed by atoms with E-state index < -0.39 is 5.91 Å². The number of rotatable bonds is 3. The minimum absolute atomic E-state index is 0.0199. The summed E-state index contributed by atoms with van der Waals surface area (Å²) >= 11 is 6.29. The van der Waals surface area contributed by atoms with E-state index in [9.17, 15) is 4.79 Å². The van der Waals surface area contributed by atoms with Crippen molar-refractivity contribution in [1.82, 2.24) is 15.3 Å². The zero-order chi connectivity index (χ0) is 18.0. The molecule has 0 fully saturated rings. The van der Waals surface area contributed by atoms with Gasteiger partial charge in [0.25, 0.3) is 5.91 Å². The number of amides is 1. The first-order valence-corrected chi connectivity index (χ1v) is 7.59. The molecule has 0 aliphatic heterocycles. The monoisotopic (exact) mass is 358 g/mol. The summed E-state index contributed by atoms with van der Waals surface area (Å²) in [4.78, 5) is 22.8. The van der Waals surface area contributed by atoms with E-state index in [2.05, 4.69) is 20.3 Å². The van der Waals surface area contributed by atoms with E-state index in [1.807, 2.05) is 0 Å². The molecule has 0 radical (unpaired) electrons. The van der Waals surface area contributed by atoms with Crippen molar-refractivity contribution in [2.75, 3.05) is 12.8 Å². The number of pyridine rings is 1. The standard InChI is InChI=1S/C16H15ClN6O2/c1-20-16(19)23-15(24)13-7-10-11(17)5-9(6-12(10)22-13)25-14-4-8(18)2-3-21-14/h2-7,22H,1H3,(H2,18,21)(H3,19,20,23,24). The summed E-state index contributed by atoms with van der Waals surface area (Å²) in [7, 11) is 1.48. The van der Waals surface area contributed by atoms with Crippen LogP contribution in [0, 0.1) is 0 Å². The van der Waals surface area contributed by atoms with Crippen LogP contribution in [0.25, 0.3) is 10.9 Å². The number of aromatic nitrogens is 2. The van der Waals surface area contributed by atoms with Crippen LogP contribution in [0.1, 0.15) is 10.5 Å². The highest BCUT2D eigenvalue weighted by Crippen LogP contribution is 2.32. The van der Waals surface area contributed by atoms with E-state index in [1.54, 1.807) is 36.5 Å². The number of hydrogen-bond acceptors (Lipinski definition) is 5. The number of halogens is 1. The molecule has 128 valence electrons. The summed E-state index contributed by atoms with van der Waals surface area (Å²) < 4.78 is 5.66. The van der Waals surface area contributed by atoms with Crippen molar-refractivity contribution in [2.24, 2.45) is 10.7 Å². The van der Waals surface area contributed by atoms with Gasteiger partial charge >= 0.3 is 0 Å². The van der Waals surface area contributed by atoms with Gasteiger partial charge in [-0.25, -0.2) is 4.98 Å². The van der Waals surface area contributed by atoms with Crippen LogP contribution >= 0.6 is 11.6 Å². The second kappa shape index (κ2) is 6.70. The predicted molar refractivity (Wildman–Crippen MR) is 97.0 cm³/mol. The van der Waals surface area contributed by atoms with Crippen LogP contribution in [-0.2, 0) is 0 Å². The first kappa shape index (κ1) is 16.6. The molecule has 3 rings (SSSR count). The molecule has 0 spiro atoms. The number of carbonyl (C=O) groups excluding carboxylic acids is 1. The van der Waals surface area contributed by atoms with Gasteiger partial charge in [-0.1, -0.05) is 11.6 Å². The second-order valence-electron chi connectivity index (χ2n) is 5.14. The Morgan fingerprint density at radius 1 is 1.36 bits per heavy atom. The molecule has 2 heterocycles. The maximum Gasteiger partial charge on any atom is 0.274 e. The molecule has 0 unspecified atom stereocenters. The summed E-state index contributed by atoms with van der Waals surface area (Å²) in [5, 5.41) is 3.54. The van der Waals surface area contributed by atoms with Crippen LogP contribution in [0.2, 0.25) is 5.02 Å². The lowest BCUT2D eigenvalue weighted by Crippen LogP contribution is -2.36. The number of nitrogens with one attached hydrogen (secondary N) is 2. The molecule has 0 atom stereocenters. The lowest BCUT2D eigenvalue weighted by atomic mass is 10.2. The Balaban J connectivity index is 1.92. The first-order valence-electron chi connectivity index (χ1n) is 7.21. The van der Waals surface area contributed by atoms with Crippen LogP contribution in [0.4, 0.5) is 5.69 Å². The Morgan fingerprint density at radius 2 is 2.16 bits per heavy atom. The maximum absolute atomic E-state index is 12.1. The summed E-state index contributed by atoms with van der Waals surface area (Å²) in [5.41, 5.74) is 12.7. The van der Waals surface area contributed by atoms with E-state index >= 15 is 0 Å². The van der Waals surface area contributed by atoms with Crippen LogP contribution < -0.4 is 21.5 Å². The number of aliphatic imine (C=N–C) groups is 1. The average molecular weight is 359 g/mol. The third-order valence-corrected chi connectivity index (χ3v) is 3.68. The van der Waals surface area contributed by atoms with Crippen molar-refractivity contribution < 1.29 is 9.53 Å². The molecular weight excluding hydrogens is 344 g/mol. The number of nitrogens with two attached hydrogens (primary N) is 2. The van der Waals surface area contributed by atoms with Gasteiger partial charge in [-0.15, -0.1) is 0 Å². The third-order valence-electron chi connectivity index (χ3n) is 3.37. The van der Waals surface area contributed by atoms with Gasteiger partial charge < -0.3 is 21.2 Å². The molecule has 8 nitrogen and oxygen atoms in total. The second-order valence-corrected chi connectivity index (χ2v) is 5.55. The van der Waals surface area contributed by atoms with E-state index in [4.69, 9.17) is 27.8 Å². The highest BCUT2D eigenvalue weighted by Gasteiger charge is 2.14. The average Bonchev–Trinajstić information content (AvgIpc) is 2.99. The molecule has 2 aromatic heterocycles. The number of carbonyl (C=O) groups is 1. The number of fused-ring (bicyclic) bond motifs is 1. The summed E-state index contributed by atoms with van der Waals surface area (Å²) in [5.74, 6) is 0.396. The number of nitrogens with zero attached hydrogens (tertiary/aromatic N) is 2. The van der Waals surface area contributed by atoms with E-state index in [0.717, 1.165) is 0 Å². The van der Waals surface area contributed by atoms with Gasteiger partial charge in [0, 0.05) is 42.5 Å². The fourth-order valence-electron chi connectivity index (χ4n) is 2.19. The minimum Gasteiger partial charge on any atom is -0.439 e. The Hall–Kier alpha value is -3.26. The smallest absolute Gasteiger partial charge is 0.274 e. The fourth-order valence-corrected chi connectivity index (χ4v) is 2.45. The van der Waals surface area contributed by atoms with E-state index in [0.29, 0.717) is 38.9 Å². The molecular formula is C16H15ClN6O2. The Bertz CT molecular complexity index is 982. The largest absolute Gasteiger partial charge is 0.439 e. The quantitative estimate of drug-likeness (QED) is 0.421. The normalized spacial score (nSPS) is 11.5. The van der Waals surface area contributed by atoms with Crippen molar-refractivity contribution in [3.8, 4) is 11.6 Å². The summed E-state index contributed by atoms with van der Waals surface area (Å²) in [6.45, 7) is 0. The van der Waals surface area contributed by atoms with Gasteiger partial charge in [0.2, 0.25) is 5.88 Å². The van der Waals surface area contributed by atoms with Gasteiger partial charge in [-0.05, 0) is 12.1 Å². The highest BCUT2D eigenvalue weighted by atomic mass is 35.5. The van der Waals surface area contributed by atoms with Crippen molar-refractivity contribution >= 4 is 40.1 Å². The molecule has 6 N–H and O–H groups in total. The van der Waals surface area contributed by atoms with Crippen LogP contribution in [-0.4, -0.2) is 28.9 Å². The van der Waals surface area contributed by atoms with Crippen LogP contribution in [0.3, 0.4) is 0 Å². The van der Waals surface area contributed by atoms with Crippen molar-refractivity contribution in [2.45, 2.75) is 0 Å². The van der Waals surface area contributed by atoms with Crippen LogP contribution in [0.15, 0.2) is 41.5 Å². The molecule has 9 heteroatoms. The third kappa shape index (κ3) is 3.64. The number of hydrogen-bond donors (Lipinski definition) is 4. The number of ether oxygens (including phenoxy) is 1. The SMILES string of the molecule is CN=C(N)NC(=O)c1cc2c(Cl)cc(Oc3cc(N)ccn3)cc2[nH]1. The zero-order valence-corrected chi connectivity index (χ0v) is 14.0. The van der Waals surface area contributed by atoms with Gasteiger partial charge in [0.05, 0.1) is 10.5 Å². The Morgan fingerprint density at radius 3 is 2.88 bits per heavy atom. The number of benzene rings is 1. The number of aromatic amines is 1. The molecule has 0 aliphatic rings. The molecule has 1 aromatic carbocycles. The van der Waals surface area contributed by atoms with Gasteiger partial charge in [0.1, 0.15) is 11.4 Å². The molecule has 0 bridgehead atoms. The number of guanidine groups is 1. The van der Waals surface area contributed by atoms with Gasteiger partial charge in [-0.2, -0.15) is 0 Å². The molecule has 3 aromatic rings. The van der Waals surface area contributed by atoms with Crippen molar-refractivity contribution in [1.29, 1.82) is 0 Å². The molecule has 0 aliphatic carbocycles. The summed E-state index contributed by atoms with van der Waals surface area (Å²) in [6, 6.07) is 8.22. The summed E-state index contributed by atoms with van der Waals surface area (Å²) in [6.07, 6.45) is 1.54. The fraction of sp³-hybridized carbons (Fsp3) is 0.0625. The lowest BCUT2D eigenvalue weighted by molar-refractivity contribution is 0.0972. The maximum atomic E-state index is 12.1. The predicted octanol–water partition coefficient (Wildman–Crippen LogP) is 2.27. The number of H-pyrrole nitrogens is 1. The zero-order valence-electron chi connectivity index (χ0n) is 13.2. The number of anilines is 1. The van der Waals surface area contributed by atoms with Gasteiger partial charge in [-0.3, -0.25) is 15.1 Å². The van der Waals surface area contributed by atoms with E-state index in [-0.39, 0.29) is 5.96 Å². The first-order chi connectivity index (χ1) is 12.0. The highest BCUT2D eigenvalue weighted by molar-refractivity contribution is 6.35. The topological polar surface area (TPSA) is 131 Å². The lowest BCUT2D eigenvalue weighted by Gasteiger charge is -2.06. The molecule has 0 saturated carbocycles. The molecule has 0 saturated heterocycles. The minimum atomic E-state index is -0.421. The van der Waals surface area contributed by atoms with Crippen molar-refractivity contribution in [3.05, 3.63) is 47.2 Å².